The van der Waals surface area contributed by atoms with Crippen molar-refractivity contribution < 1.29 is 23.1 Å². The van der Waals surface area contributed by atoms with Crippen LogP contribution in [0.2, 0.25) is 0 Å². The molecule has 0 heterocycles. The normalized spacial score (nSPS) is 14.2. The minimum atomic E-state index is -3.18. The monoisotopic (exact) mass is 249 g/mol. The zero-order valence-corrected chi connectivity index (χ0v) is 10.6. The molecule has 6 heteroatoms. The number of rotatable bonds is 5. The van der Waals surface area contributed by atoms with Crippen LogP contribution in [-0.2, 0) is 14.3 Å². The molecule has 0 aromatic rings. The van der Waals surface area contributed by atoms with Gasteiger partial charge in [-0.05, 0) is 6.92 Å². The first-order chi connectivity index (χ1) is 7.61. The van der Waals surface area contributed by atoms with Crippen molar-refractivity contribution in [3.8, 4) is 0 Å². The fourth-order valence-electron chi connectivity index (χ4n) is 1.05. The second-order valence-corrected chi connectivity index (χ2v) is 4.04. The van der Waals surface area contributed by atoms with Gasteiger partial charge >= 0.3 is 5.97 Å². The quantitative estimate of drug-likeness (QED) is 0.320. The van der Waals surface area contributed by atoms with Gasteiger partial charge in [0.25, 0.3) is 5.92 Å². The molecule has 0 N–H and O–H groups in total. The number of alkyl halides is 2. The van der Waals surface area contributed by atoms with Gasteiger partial charge in [0.1, 0.15) is 5.57 Å². The Morgan fingerprint density at radius 2 is 1.82 bits per heavy atom. The number of Topliss-reactive ketones (excluding diaryl/α,β-unsaturated/α-hetero) is 1. The molecular weight excluding hydrogens is 232 g/mol. The third-order valence-electron chi connectivity index (χ3n) is 2.21. The third-order valence-corrected chi connectivity index (χ3v) is 2.21. The van der Waals surface area contributed by atoms with E-state index in [-0.39, 0.29) is 5.57 Å². The van der Waals surface area contributed by atoms with E-state index in [2.05, 4.69) is 4.74 Å². The molecule has 0 bridgehead atoms. The number of halogens is 2. The molecule has 0 aromatic carbocycles. The lowest BCUT2D eigenvalue weighted by molar-refractivity contribution is -0.140. The van der Waals surface area contributed by atoms with Gasteiger partial charge in [-0.25, -0.2) is 13.6 Å². The molecule has 0 aliphatic rings. The van der Waals surface area contributed by atoms with Crippen molar-refractivity contribution in [2.75, 3.05) is 21.2 Å². The minimum Gasteiger partial charge on any atom is -0.465 e. The SMILES string of the molecule is COC(=O)/C(=C\N(C)C)C(=O)C(C)C(C)(F)F. The number of methoxy groups -OCH3 is 1. The highest BCUT2D eigenvalue weighted by molar-refractivity contribution is 6.18. The zero-order chi connectivity index (χ0) is 13.8. The smallest absolute Gasteiger partial charge is 0.343 e. The van der Waals surface area contributed by atoms with Gasteiger partial charge in [-0.3, -0.25) is 4.79 Å². The summed E-state index contributed by atoms with van der Waals surface area (Å²) in [4.78, 5) is 24.5. The topological polar surface area (TPSA) is 46.6 Å². The van der Waals surface area contributed by atoms with E-state index in [1.807, 2.05) is 0 Å². The number of nitrogens with zero attached hydrogens (tertiary/aromatic N) is 1. The molecule has 98 valence electrons. The molecule has 0 aromatic heterocycles. The van der Waals surface area contributed by atoms with Gasteiger partial charge in [0.15, 0.2) is 5.78 Å². The van der Waals surface area contributed by atoms with E-state index >= 15 is 0 Å². The van der Waals surface area contributed by atoms with Crippen LogP contribution in [0, 0.1) is 5.92 Å². The number of carbonyl (C=O) groups is 2. The van der Waals surface area contributed by atoms with Crippen LogP contribution in [0.15, 0.2) is 11.8 Å². The summed E-state index contributed by atoms with van der Waals surface area (Å²) < 4.78 is 30.4. The summed E-state index contributed by atoms with van der Waals surface area (Å²) in [5.41, 5.74) is -0.383. The van der Waals surface area contributed by atoms with E-state index in [1.165, 1.54) is 11.1 Å². The largest absolute Gasteiger partial charge is 0.465 e. The molecule has 0 saturated heterocycles. The van der Waals surface area contributed by atoms with Gasteiger partial charge in [0.05, 0.1) is 13.0 Å². The predicted octanol–water partition coefficient (Wildman–Crippen LogP) is 1.47. The van der Waals surface area contributed by atoms with Crippen LogP contribution >= 0.6 is 0 Å². The number of carbonyl (C=O) groups excluding carboxylic acids is 2. The summed E-state index contributed by atoms with van der Waals surface area (Å²) in [6.07, 6.45) is 1.18. The molecule has 0 aliphatic carbocycles. The van der Waals surface area contributed by atoms with E-state index in [4.69, 9.17) is 0 Å². The summed E-state index contributed by atoms with van der Waals surface area (Å²) in [5, 5.41) is 0. The Kier molecular flexibility index (Phi) is 5.25. The fraction of sp³-hybridized carbons (Fsp3) is 0.636. The van der Waals surface area contributed by atoms with Crippen LogP contribution < -0.4 is 0 Å². The van der Waals surface area contributed by atoms with Crippen molar-refractivity contribution in [3.05, 3.63) is 11.8 Å². The predicted molar refractivity (Wildman–Crippen MR) is 58.6 cm³/mol. The van der Waals surface area contributed by atoms with Crippen LogP contribution in [0.1, 0.15) is 13.8 Å². The minimum absolute atomic E-state index is 0.383. The van der Waals surface area contributed by atoms with Crippen molar-refractivity contribution >= 4 is 11.8 Å². The standard InChI is InChI=1S/C11H17F2NO3/c1-7(11(2,12)13)9(15)8(6-14(3)4)10(16)17-5/h6-7H,1-5H3/b8-6-. The maximum atomic E-state index is 13.0. The lowest BCUT2D eigenvalue weighted by Crippen LogP contribution is -2.33. The summed E-state index contributed by atoms with van der Waals surface area (Å²) >= 11 is 0. The highest BCUT2D eigenvalue weighted by atomic mass is 19.3. The van der Waals surface area contributed by atoms with Crippen LogP contribution in [0.5, 0.6) is 0 Å². The molecule has 0 saturated carbocycles. The summed E-state index contributed by atoms with van der Waals surface area (Å²) in [5.74, 6) is -6.61. The van der Waals surface area contributed by atoms with Crippen molar-refractivity contribution in [1.82, 2.24) is 4.90 Å². The lowest BCUT2D eigenvalue weighted by Gasteiger charge is -2.19. The molecule has 0 fully saturated rings. The Morgan fingerprint density at radius 1 is 1.35 bits per heavy atom. The van der Waals surface area contributed by atoms with Gasteiger partial charge in [-0.1, -0.05) is 0 Å². The molecule has 4 nitrogen and oxygen atoms in total. The molecule has 1 atom stereocenters. The van der Waals surface area contributed by atoms with E-state index in [9.17, 15) is 18.4 Å². The molecule has 0 amide bonds. The van der Waals surface area contributed by atoms with Crippen molar-refractivity contribution in [1.29, 1.82) is 0 Å². The van der Waals surface area contributed by atoms with E-state index in [1.54, 1.807) is 14.1 Å². The molecular formula is C11H17F2NO3. The number of hydrogen-bond acceptors (Lipinski definition) is 4. The van der Waals surface area contributed by atoms with Gasteiger partial charge in [-0.15, -0.1) is 0 Å². The van der Waals surface area contributed by atoms with Gasteiger partial charge in [0.2, 0.25) is 0 Å². The van der Waals surface area contributed by atoms with Crippen molar-refractivity contribution in [2.24, 2.45) is 5.92 Å². The Morgan fingerprint density at radius 3 is 2.12 bits per heavy atom. The molecule has 0 spiro atoms. The number of esters is 1. The Hall–Kier alpha value is -1.46. The Bertz CT molecular complexity index is 332. The molecule has 0 radical (unpaired) electrons. The molecule has 1 unspecified atom stereocenters. The Balaban J connectivity index is 5.23. The summed E-state index contributed by atoms with van der Waals surface area (Å²) in [7, 11) is 4.24. The van der Waals surface area contributed by atoms with Crippen LogP contribution in [0.3, 0.4) is 0 Å². The lowest BCUT2D eigenvalue weighted by atomic mass is 9.94. The second-order valence-electron chi connectivity index (χ2n) is 4.04. The highest BCUT2D eigenvalue weighted by Crippen LogP contribution is 2.26. The molecule has 0 aliphatic heterocycles. The van der Waals surface area contributed by atoms with Crippen LogP contribution in [-0.4, -0.2) is 43.8 Å². The first kappa shape index (κ1) is 15.5. The van der Waals surface area contributed by atoms with Crippen molar-refractivity contribution in [3.63, 3.8) is 0 Å². The number of hydrogen-bond donors (Lipinski definition) is 0. The number of ketones is 1. The van der Waals surface area contributed by atoms with Crippen LogP contribution in [0.25, 0.3) is 0 Å². The highest BCUT2D eigenvalue weighted by Gasteiger charge is 2.39. The van der Waals surface area contributed by atoms with Crippen molar-refractivity contribution in [2.45, 2.75) is 19.8 Å². The van der Waals surface area contributed by atoms with Gasteiger partial charge in [0, 0.05) is 27.2 Å². The average Bonchev–Trinajstić information content (AvgIpc) is 2.21. The number of ether oxygens (including phenoxy) is 1. The van der Waals surface area contributed by atoms with E-state index in [0.29, 0.717) is 6.92 Å². The maximum absolute atomic E-state index is 13.0. The fourth-order valence-corrected chi connectivity index (χ4v) is 1.05. The first-order valence-electron chi connectivity index (χ1n) is 4.99. The summed E-state index contributed by atoms with van der Waals surface area (Å²) in [6.45, 7) is 1.72. The van der Waals surface area contributed by atoms with Gasteiger partial charge in [-0.2, -0.15) is 0 Å². The maximum Gasteiger partial charge on any atom is 0.343 e. The van der Waals surface area contributed by atoms with Gasteiger partial charge < -0.3 is 9.64 Å². The average molecular weight is 249 g/mol. The second kappa shape index (κ2) is 5.75. The van der Waals surface area contributed by atoms with Crippen LogP contribution in [0.4, 0.5) is 8.78 Å². The summed E-state index contributed by atoms with van der Waals surface area (Å²) in [6, 6.07) is 0. The zero-order valence-electron chi connectivity index (χ0n) is 10.6. The third kappa shape index (κ3) is 4.50. The van der Waals surface area contributed by atoms with E-state index in [0.717, 1.165) is 14.0 Å². The molecule has 17 heavy (non-hydrogen) atoms. The molecule has 0 rings (SSSR count). The first-order valence-corrected chi connectivity index (χ1v) is 4.99. The Labute approximate surface area is 99.2 Å². The van der Waals surface area contributed by atoms with E-state index < -0.39 is 23.6 Å².